The van der Waals surface area contributed by atoms with E-state index in [-0.39, 0.29) is 0 Å². The van der Waals surface area contributed by atoms with Crippen molar-refractivity contribution in [1.29, 1.82) is 0 Å². The highest BCUT2D eigenvalue weighted by molar-refractivity contribution is 7.98. The zero-order valence-electron chi connectivity index (χ0n) is 8.68. The van der Waals surface area contributed by atoms with E-state index >= 15 is 0 Å². The lowest BCUT2D eigenvalue weighted by Crippen LogP contribution is -1.96. The zero-order chi connectivity index (χ0) is 11.0. The normalized spacial score (nSPS) is 17.1. The van der Waals surface area contributed by atoms with Crippen molar-refractivity contribution in [2.75, 3.05) is 5.75 Å². The average molecular weight is 252 g/mol. The number of thioether (sulfide) groups is 1. The van der Waals surface area contributed by atoms with Crippen molar-refractivity contribution in [3.05, 3.63) is 45.5 Å². The SMILES string of the molecule is OC(c1ccoc1)c1cc2c(s1)CCSC2. The quantitative estimate of drug-likeness (QED) is 0.891. The van der Waals surface area contributed by atoms with Crippen LogP contribution in [-0.2, 0) is 12.2 Å². The summed E-state index contributed by atoms with van der Waals surface area (Å²) in [5, 5.41) is 10.2. The van der Waals surface area contributed by atoms with Gasteiger partial charge in [0.2, 0.25) is 0 Å². The number of fused-ring (bicyclic) bond motifs is 1. The van der Waals surface area contributed by atoms with Gasteiger partial charge in [-0.05, 0) is 29.9 Å². The first kappa shape index (κ1) is 10.4. The zero-order valence-corrected chi connectivity index (χ0v) is 10.3. The van der Waals surface area contributed by atoms with Crippen LogP contribution in [0.3, 0.4) is 0 Å². The number of hydrogen-bond donors (Lipinski definition) is 1. The predicted octanol–water partition coefficient (Wildman–Crippen LogP) is 3.21. The van der Waals surface area contributed by atoms with E-state index < -0.39 is 6.10 Å². The Kier molecular flexibility index (Phi) is 2.79. The Balaban J connectivity index is 1.92. The van der Waals surface area contributed by atoms with E-state index in [1.54, 1.807) is 23.9 Å². The van der Waals surface area contributed by atoms with E-state index in [1.165, 1.54) is 16.2 Å². The number of aliphatic hydroxyl groups excluding tert-OH is 1. The molecule has 0 aromatic carbocycles. The van der Waals surface area contributed by atoms with Crippen molar-refractivity contribution in [2.24, 2.45) is 0 Å². The highest BCUT2D eigenvalue weighted by atomic mass is 32.2. The van der Waals surface area contributed by atoms with Crippen LogP contribution < -0.4 is 0 Å². The number of rotatable bonds is 2. The van der Waals surface area contributed by atoms with E-state index in [9.17, 15) is 5.11 Å². The van der Waals surface area contributed by atoms with Gasteiger partial charge in [-0.15, -0.1) is 11.3 Å². The molecule has 3 rings (SSSR count). The average Bonchev–Trinajstić information content (AvgIpc) is 2.97. The Morgan fingerprint density at radius 1 is 1.44 bits per heavy atom. The number of aliphatic hydroxyl groups is 1. The summed E-state index contributed by atoms with van der Waals surface area (Å²) < 4.78 is 5.00. The van der Waals surface area contributed by atoms with Crippen LogP contribution in [0.2, 0.25) is 0 Å². The summed E-state index contributed by atoms with van der Waals surface area (Å²) >= 11 is 3.70. The first-order valence-corrected chi connectivity index (χ1v) is 7.21. The highest BCUT2D eigenvalue weighted by Gasteiger charge is 2.19. The van der Waals surface area contributed by atoms with Crippen molar-refractivity contribution in [2.45, 2.75) is 18.3 Å². The Hall–Kier alpha value is -0.710. The second-order valence-corrected chi connectivity index (χ2v) is 6.13. The van der Waals surface area contributed by atoms with Crippen molar-refractivity contribution >= 4 is 23.1 Å². The number of thiophene rings is 1. The van der Waals surface area contributed by atoms with Gasteiger partial charge in [-0.1, -0.05) is 0 Å². The minimum atomic E-state index is -0.528. The third-order valence-corrected chi connectivity index (χ3v) is 5.07. The van der Waals surface area contributed by atoms with Crippen LogP contribution in [0.15, 0.2) is 29.1 Å². The lowest BCUT2D eigenvalue weighted by Gasteiger charge is -2.08. The molecule has 2 aromatic rings. The summed E-state index contributed by atoms with van der Waals surface area (Å²) in [5.74, 6) is 2.29. The summed E-state index contributed by atoms with van der Waals surface area (Å²) in [7, 11) is 0. The van der Waals surface area contributed by atoms with Gasteiger partial charge in [0.1, 0.15) is 6.10 Å². The van der Waals surface area contributed by atoms with Gasteiger partial charge in [-0.2, -0.15) is 11.8 Å². The van der Waals surface area contributed by atoms with Crippen molar-refractivity contribution in [1.82, 2.24) is 0 Å². The fraction of sp³-hybridized carbons (Fsp3) is 0.333. The van der Waals surface area contributed by atoms with Crippen LogP contribution in [-0.4, -0.2) is 10.9 Å². The molecule has 0 bridgehead atoms. The molecule has 3 heterocycles. The Morgan fingerprint density at radius 2 is 2.38 bits per heavy atom. The number of aryl methyl sites for hydroxylation is 1. The second kappa shape index (κ2) is 4.28. The summed E-state index contributed by atoms with van der Waals surface area (Å²) in [6.07, 6.45) is 3.82. The molecule has 0 fully saturated rings. The smallest absolute Gasteiger partial charge is 0.116 e. The number of hydrogen-bond acceptors (Lipinski definition) is 4. The predicted molar refractivity (Wildman–Crippen MR) is 67.0 cm³/mol. The van der Waals surface area contributed by atoms with E-state index in [0.717, 1.165) is 22.6 Å². The third-order valence-electron chi connectivity index (χ3n) is 2.78. The molecular weight excluding hydrogens is 240 g/mol. The van der Waals surface area contributed by atoms with Crippen LogP contribution >= 0.6 is 23.1 Å². The molecule has 4 heteroatoms. The molecule has 2 nitrogen and oxygen atoms in total. The summed E-state index contributed by atoms with van der Waals surface area (Å²) in [5.41, 5.74) is 2.24. The van der Waals surface area contributed by atoms with Gasteiger partial charge in [0.05, 0.1) is 12.5 Å². The molecule has 1 aliphatic rings. The fourth-order valence-electron chi connectivity index (χ4n) is 1.90. The Labute approximate surface area is 102 Å². The number of furan rings is 1. The second-order valence-electron chi connectivity index (χ2n) is 3.86. The highest BCUT2D eigenvalue weighted by Crippen LogP contribution is 2.36. The Bertz CT molecular complexity index is 450. The minimum Gasteiger partial charge on any atom is -0.472 e. The maximum atomic E-state index is 10.2. The van der Waals surface area contributed by atoms with Crippen molar-refractivity contribution in [3.8, 4) is 0 Å². The largest absolute Gasteiger partial charge is 0.472 e. The Morgan fingerprint density at radius 3 is 3.12 bits per heavy atom. The summed E-state index contributed by atoms with van der Waals surface area (Å²) in [6, 6.07) is 3.96. The summed E-state index contributed by atoms with van der Waals surface area (Å²) in [6.45, 7) is 0. The monoisotopic (exact) mass is 252 g/mol. The van der Waals surface area contributed by atoms with Gasteiger partial charge < -0.3 is 9.52 Å². The summed E-state index contributed by atoms with van der Waals surface area (Å²) in [4.78, 5) is 2.48. The molecule has 0 saturated heterocycles. The lowest BCUT2D eigenvalue weighted by molar-refractivity contribution is 0.223. The van der Waals surface area contributed by atoms with E-state index in [1.807, 2.05) is 17.8 Å². The molecule has 16 heavy (non-hydrogen) atoms. The van der Waals surface area contributed by atoms with Gasteiger partial charge >= 0.3 is 0 Å². The van der Waals surface area contributed by atoms with Crippen LogP contribution in [0.1, 0.15) is 27.0 Å². The molecule has 0 radical (unpaired) electrons. The fourth-order valence-corrected chi connectivity index (χ4v) is 4.29. The maximum absolute atomic E-state index is 10.2. The van der Waals surface area contributed by atoms with Crippen molar-refractivity contribution < 1.29 is 9.52 Å². The van der Waals surface area contributed by atoms with E-state index in [2.05, 4.69) is 6.07 Å². The molecule has 1 unspecified atom stereocenters. The van der Waals surface area contributed by atoms with Gasteiger partial charge in [0.15, 0.2) is 0 Å². The lowest BCUT2D eigenvalue weighted by atomic mass is 10.1. The van der Waals surface area contributed by atoms with Gasteiger partial charge in [-0.25, -0.2) is 0 Å². The van der Waals surface area contributed by atoms with Crippen LogP contribution in [0, 0.1) is 0 Å². The first-order valence-electron chi connectivity index (χ1n) is 5.24. The molecular formula is C12H12O2S2. The van der Waals surface area contributed by atoms with Crippen LogP contribution in [0.25, 0.3) is 0 Å². The molecule has 1 N–H and O–H groups in total. The third kappa shape index (κ3) is 1.81. The minimum absolute atomic E-state index is 0.528. The molecule has 1 atom stereocenters. The van der Waals surface area contributed by atoms with Gasteiger partial charge in [-0.3, -0.25) is 0 Å². The van der Waals surface area contributed by atoms with Crippen molar-refractivity contribution in [3.63, 3.8) is 0 Å². The maximum Gasteiger partial charge on any atom is 0.116 e. The molecule has 0 aliphatic carbocycles. The topological polar surface area (TPSA) is 33.4 Å². The van der Waals surface area contributed by atoms with Crippen LogP contribution in [0.4, 0.5) is 0 Å². The molecule has 0 amide bonds. The molecule has 0 saturated carbocycles. The van der Waals surface area contributed by atoms with Gasteiger partial charge in [0, 0.05) is 21.1 Å². The molecule has 1 aliphatic heterocycles. The van der Waals surface area contributed by atoms with Gasteiger partial charge in [0.25, 0.3) is 0 Å². The molecule has 0 spiro atoms. The first-order chi connectivity index (χ1) is 7.84. The standard InChI is InChI=1S/C12H12O2S2/c13-12(8-1-3-14-6-8)11-5-9-7-15-4-2-10(9)16-11/h1,3,5-6,12-13H,2,4,7H2. The molecule has 2 aromatic heterocycles. The van der Waals surface area contributed by atoms with Crippen LogP contribution in [0.5, 0.6) is 0 Å². The van der Waals surface area contributed by atoms with E-state index in [0.29, 0.717) is 0 Å². The molecule has 84 valence electrons. The van der Waals surface area contributed by atoms with E-state index in [4.69, 9.17) is 4.42 Å².